The highest BCUT2D eigenvalue weighted by molar-refractivity contribution is 9.10. The summed E-state index contributed by atoms with van der Waals surface area (Å²) in [6.45, 7) is 1.65. The van der Waals surface area contributed by atoms with Crippen molar-refractivity contribution >= 4 is 27.8 Å². The zero-order chi connectivity index (χ0) is 12.3. The van der Waals surface area contributed by atoms with E-state index in [1.165, 1.54) is 0 Å². The van der Waals surface area contributed by atoms with Crippen molar-refractivity contribution in [2.75, 3.05) is 18.0 Å². The van der Waals surface area contributed by atoms with Gasteiger partial charge in [0.05, 0.1) is 0 Å². The van der Waals surface area contributed by atoms with E-state index in [9.17, 15) is 4.79 Å². The van der Waals surface area contributed by atoms with Crippen LogP contribution in [0.4, 0.5) is 10.6 Å². The molecule has 1 aromatic rings. The van der Waals surface area contributed by atoms with Gasteiger partial charge in [-0.15, -0.1) is 0 Å². The van der Waals surface area contributed by atoms with E-state index in [0.717, 1.165) is 36.2 Å². The summed E-state index contributed by atoms with van der Waals surface area (Å²) in [4.78, 5) is 17.1. The molecule has 0 spiro atoms. The molecule has 1 aliphatic heterocycles. The molecule has 1 aliphatic rings. The Kier molecular flexibility index (Phi) is 3.83. The van der Waals surface area contributed by atoms with Gasteiger partial charge in [0.15, 0.2) is 0 Å². The van der Waals surface area contributed by atoms with Crippen LogP contribution in [0, 0.1) is 0 Å². The number of carbonyl (C=O) groups is 1. The average Bonchev–Trinajstić information content (AvgIpc) is 2.30. The van der Waals surface area contributed by atoms with Crippen molar-refractivity contribution in [1.29, 1.82) is 0 Å². The van der Waals surface area contributed by atoms with Crippen LogP contribution in [0.15, 0.2) is 22.8 Å². The highest BCUT2D eigenvalue weighted by Gasteiger charge is 2.22. The lowest BCUT2D eigenvalue weighted by Crippen LogP contribution is -2.39. The van der Waals surface area contributed by atoms with Gasteiger partial charge in [0.1, 0.15) is 11.9 Å². The number of rotatable bonds is 2. The number of anilines is 1. The van der Waals surface area contributed by atoms with Gasteiger partial charge in [-0.3, -0.25) is 0 Å². The molecule has 5 nitrogen and oxygen atoms in total. The molecular formula is C11H14BrN3O2. The summed E-state index contributed by atoms with van der Waals surface area (Å²) in [5, 5.41) is 0. The molecule has 1 fully saturated rings. The Bertz CT molecular complexity index is 388. The normalized spacial score (nSPS) is 16.9. The van der Waals surface area contributed by atoms with Gasteiger partial charge in [0, 0.05) is 36.6 Å². The van der Waals surface area contributed by atoms with Crippen LogP contribution >= 0.6 is 15.9 Å². The van der Waals surface area contributed by atoms with Crippen LogP contribution in [0.2, 0.25) is 0 Å². The van der Waals surface area contributed by atoms with Crippen molar-refractivity contribution in [3.63, 3.8) is 0 Å². The first-order valence-corrected chi connectivity index (χ1v) is 6.27. The minimum Gasteiger partial charge on any atom is -0.446 e. The lowest BCUT2D eigenvalue weighted by atomic mass is 10.1. The van der Waals surface area contributed by atoms with Gasteiger partial charge in [-0.25, -0.2) is 9.78 Å². The highest BCUT2D eigenvalue weighted by atomic mass is 79.9. The topological polar surface area (TPSA) is 68.5 Å². The quantitative estimate of drug-likeness (QED) is 0.906. The molecule has 0 aliphatic carbocycles. The van der Waals surface area contributed by atoms with Crippen molar-refractivity contribution in [2.24, 2.45) is 5.73 Å². The molecule has 2 rings (SSSR count). The zero-order valence-electron chi connectivity index (χ0n) is 9.30. The number of piperidine rings is 1. The van der Waals surface area contributed by atoms with E-state index in [-0.39, 0.29) is 6.10 Å². The summed E-state index contributed by atoms with van der Waals surface area (Å²) in [7, 11) is 0. The number of nitrogens with zero attached hydrogens (tertiary/aromatic N) is 2. The van der Waals surface area contributed by atoms with Crippen molar-refractivity contribution < 1.29 is 9.53 Å². The zero-order valence-corrected chi connectivity index (χ0v) is 10.9. The summed E-state index contributed by atoms with van der Waals surface area (Å²) >= 11 is 3.35. The maximum Gasteiger partial charge on any atom is 0.404 e. The van der Waals surface area contributed by atoms with Crippen LogP contribution in [-0.4, -0.2) is 30.3 Å². The standard InChI is InChI=1S/C11H14BrN3O2/c12-8-1-2-10(14-7-8)15-5-3-9(4-6-15)17-11(13)16/h1-2,7,9H,3-6H2,(H2,13,16). The molecule has 0 bridgehead atoms. The fourth-order valence-electron chi connectivity index (χ4n) is 1.92. The second kappa shape index (κ2) is 5.35. The van der Waals surface area contributed by atoms with Gasteiger partial charge in [-0.2, -0.15) is 0 Å². The lowest BCUT2D eigenvalue weighted by Gasteiger charge is -2.32. The Balaban J connectivity index is 1.90. The van der Waals surface area contributed by atoms with E-state index in [0.29, 0.717) is 0 Å². The molecule has 0 saturated carbocycles. The van der Waals surface area contributed by atoms with E-state index >= 15 is 0 Å². The van der Waals surface area contributed by atoms with Crippen LogP contribution < -0.4 is 10.6 Å². The summed E-state index contributed by atoms with van der Waals surface area (Å²) in [6, 6.07) is 3.94. The summed E-state index contributed by atoms with van der Waals surface area (Å²) in [5.41, 5.74) is 4.99. The second-order valence-corrected chi connectivity index (χ2v) is 4.87. The lowest BCUT2D eigenvalue weighted by molar-refractivity contribution is 0.0911. The molecule has 0 unspecified atom stereocenters. The summed E-state index contributed by atoms with van der Waals surface area (Å²) in [5.74, 6) is 0.950. The first kappa shape index (κ1) is 12.2. The van der Waals surface area contributed by atoms with Crippen LogP contribution in [0.3, 0.4) is 0 Å². The average molecular weight is 300 g/mol. The number of pyridine rings is 1. The fourth-order valence-corrected chi connectivity index (χ4v) is 2.16. The fraction of sp³-hybridized carbons (Fsp3) is 0.455. The monoisotopic (exact) mass is 299 g/mol. The Morgan fingerprint density at radius 1 is 1.47 bits per heavy atom. The molecule has 0 aromatic carbocycles. The Morgan fingerprint density at radius 3 is 2.71 bits per heavy atom. The van der Waals surface area contributed by atoms with Crippen molar-refractivity contribution in [3.8, 4) is 0 Å². The van der Waals surface area contributed by atoms with Gasteiger partial charge >= 0.3 is 6.09 Å². The van der Waals surface area contributed by atoms with Crippen LogP contribution in [-0.2, 0) is 4.74 Å². The third-order valence-electron chi connectivity index (χ3n) is 2.76. The van der Waals surface area contributed by atoms with E-state index in [4.69, 9.17) is 10.5 Å². The molecule has 1 aromatic heterocycles. The van der Waals surface area contributed by atoms with Gasteiger partial charge in [0.25, 0.3) is 0 Å². The van der Waals surface area contributed by atoms with Crippen LogP contribution in [0.1, 0.15) is 12.8 Å². The third kappa shape index (κ3) is 3.33. The Morgan fingerprint density at radius 2 is 2.18 bits per heavy atom. The molecular weight excluding hydrogens is 286 g/mol. The first-order chi connectivity index (χ1) is 8.15. The Hall–Kier alpha value is -1.30. The number of hydrogen-bond donors (Lipinski definition) is 1. The predicted molar refractivity (Wildman–Crippen MR) is 67.8 cm³/mol. The molecule has 0 atom stereocenters. The van der Waals surface area contributed by atoms with Crippen molar-refractivity contribution in [1.82, 2.24) is 4.98 Å². The second-order valence-electron chi connectivity index (χ2n) is 3.96. The van der Waals surface area contributed by atoms with Gasteiger partial charge < -0.3 is 15.4 Å². The number of aromatic nitrogens is 1. The Labute approximate surface area is 108 Å². The molecule has 2 heterocycles. The molecule has 92 valence electrons. The van der Waals surface area contributed by atoms with Crippen molar-refractivity contribution in [2.45, 2.75) is 18.9 Å². The molecule has 2 N–H and O–H groups in total. The summed E-state index contributed by atoms with van der Waals surface area (Å²) in [6.07, 6.45) is 2.62. The molecule has 1 saturated heterocycles. The van der Waals surface area contributed by atoms with Gasteiger partial charge in [-0.05, 0) is 28.1 Å². The molecule has 1 amide bonds. The highest BCUT2D eigenvalue weighted by Crippen LogP contribution is 2.20. The number of primary amides is 1. The molecule has 6 heteroatoms. The van der Waals surface area contributed by atoms with Crippen molar-refractivity contribution in [3.05, 3.63) is 22.8 Å². The number of halogens is 1. The largest absolute Gasteiger partial charge is 0.446 e. The van der Waals surface area contributed by atoms with E-state index in [1.54, 1.807) is 6.20 Å². The van der Waals surface area contributed by atoms with E-state index < -0.39 is 6.09 Å². The molecule has 17 heavy (non-hydrogen) atoms. The number of amides is 1. The maximum atomic E-state index is 10.6. The number of hydrogen-bond acceptors (Lipinski definition) is 4. The predicted octanol–water partition coefficient (Wildman–Crippen LogP) is 1.91. The van der Waals surface area contributed by atoms with Crippen LogP contribution in [0.5, 0.6) is 0 Å². The first-order valence-electron chi connectivity index (χ1n) is 5.48. The van der Waals surface area contributed by atoms with Gasteiger partial charge in [-0.1, -0.05) is 0 Å². The SMILES string of the molecule is NC(=O)OC1CCN(c2ccc(Br)cn2)CC1. The van der Waals surface area contributed by atoms with E-state index in [2.05, 4.69) is 25.8 Å². The number of nitrogens with two attached hydrogens (primary N) is 1. The smallest absolute Gasteiger partial charge is 0.404 e. The maximum absolute atomic E-state index is 10.6. The van der Waals surface area contributed by atoms with Gasteiger partial charge in [0.2, 0.25) is 0 Å². The van der Waals surface area contributed by atoms with Crippen LogP contribution in [0.25, 0.3) is 0 Å². The third-order valence-corrected chi connectivity index (χ3v) is 3.23. The minimum atomic E-state index is -0.690. The number of ether oxygens (including phenoxy) is 1. The van der Waals surface area contributed by atoms with E-state index in [1.807, 2.05) is 12.1 Å². The minimum absolute atomic E-state index is 0.0563. The molecule has 0 radical (unpaired) electrons. The number of carbonyl (C=O) groups excluding carboxylic acids is 1. The summed E-state index contributed by atoms with van der Waals surface area (Å²) < 4.78 is 5.94.